The van der Waals surface area contributed by atoms with Crippen molar-refractivity contribution in [3.63, 3.8) is 0 Å². The van der Waals surface area contributed by atoms with E-state index in [0.29, 0.717) is 30.1 Å². The van der Waals surface area contributed by atoms with Gasteiger partial charge in [0.1, 0.15) is 6.61 Å². The van der Waals surface area contributed by atoms with Crippen LogP contribution in [-0.2, 0) is 36.0 Å². The first-order valence-corrected chi connectivity index (χ1v) is 10.6. The number of nitrogens with zero attached hydrogens (tertiary/aromatic N) is 2. The summed E-state index contributed by atoms with van der Waals surface area (Å²) in [6.07, 6.45) is -1.56. The van der Waals surface area contributed by atoms with Gasteiger partial charge in [-0.2, -0.15) is 0 Å². The molecule has 2 heterocycles. The highest BCUT2D eigenvalue weighted by Crippen LogP contribution is 2.34. The molecule has 2 aromatic carbocycles. The molecular formula is C23H26N4O6. The van der Waals surface area contributed by atoms with Crippen molar-refractivity contribution in [2.24, 2.45) is 11.5 Å². The Hall–Kier alpha value is -3.31. The molecule has 10 heteroatoms. The second-order valence-corrected chi connectivity index (χ2v) is 7.85. The topological polar surface area (TPSA) is 148 Å². The van der Waals surface area contributed by atoms with Crippen molar-refractivity contribution in [2.45, 2.75) is 18.2 Å². The molecule has 2 aliphatic heterocycles. The average Bonchev–Trinajstić information content (AvgIpc) is 2.84. The molecule has 10 nitrogen and oxygen atoms in total. The highest BCUT2D eigenvalue weighted by molar-refractivity contribution is 6.03. The molecule has 33 heavy (non-hydrogen) atoms. The standard InChI is InChI=1S/C23H26N4O6/c24-13-15-4-1-2-7-18(15)23(31,22(25)30)20-21(29)27(9-11-33-20)17-6-3-5-16(12-17)26-8-10-32-14-19(26)28/h1-7,12,20,31H,8-11,13-14,24H2,(H2,25,30). The molecule has 0 radical (unpaired) electrons. The number of hydrogen-bond acceptors (Lipinski definition) is 7. The van der Waals surface area contributed by atoms with Crippen LogP contribution < -0.4 is 21.3 Å². The third-order valence-electron chi connectivity index (χ3n) is 5.93. The second-order valence-electron chi connectivity index (χ2n) is 7.85. The molecule has 2 fully saturated rings. The van der Waals surface area contributed by atoms with E-state index in [2.05, 4.69) is 0 Å². The van der Waals surface area contributed by atoms with Crippen LogP contribution in [0.1, 0.15) is 11.1 Å². The van der Waals surface area contributed by atoms with Crippen LogP contribution >= 0.6 is 0 Å². The van der Waals surface area contributed by atoms with E-state index < -0.39 is 23.5 Å². The molecule has 2 unspecified atom stereocenters. The lowest BCUT2D eigenvalue weighted by atomic mass is 9.83. The zero-order valence-corrected chi connectivity index (χ0v) is 18.0. The number of morpholine rings is 2. The van der Waals surface area contributed by atoms with Crippen LogP contribution in [0.5, 0.6) is 0 Å². The predicted octanol–water partition coefficient (Wildman–Crippen LogP) is -0.387. The molecular weight excluding hydrogens is 428 g/mol. The van der Waals surface area contributed by atoms with Crippen molar-refractivity contribution in [2.75, 3.05) is 42.7 Å². The average molecular weight is 454 g/mol. The Morgan fingerprint density at radius 1 is 1.06 bits per heavy atom. The molecule has 4 rings (SSSR count). The fourth-order valence-corrected chi connectivity index (χ4v) is 4.23. The summed E-state index contributed by atoms with van der Waals surface area (Å²) in [6.45, 7) is 1.11. The molecule has 0 aromatic heterocycles. The van der Waals surface area contributed by atoms with Crippen LogP contribution in [0.3, 0.4) is 0 Å². The summed E-state index contributed by atoms with van der Waals surface area (Å²) in [5.41, 5.74) is 10.7. The molecule has 3 amide bonds. The van der Waals surface area contributed by atoms with Crippen molar-refractivity contribution in [3.05, 3.63) is 59.7 Å². The first-order chi connectivity index (χ1) is 15.9. The molecule has 2 atom stereocenters. The van der Waals surface area contributed by atoms with E-state index in [4.69, 9.17) is 20.9 Å². The van der Waals surface area contributed by atoms with E-state index in [9.17, 15) is 19.5 Å². The smallest absolute Gasteiger partial charge is 0.260 e. The number of nitrogens with two attached hydrogens (primary N) is 2. The van der Waals surface area contributed by atoms with E-state index >= 15 is 0 Å². The zero-order valence-electron chi connectivity index (χ0n) is 18.0. The van der Waals surface area contributed by atoms with Gasteiger partial charge in [-0.25, -0.2) is 0 Å². The normalized spacial score (nSPS) is 21.1. The van der Waals surface area contributed by atoms with Crippen LogP contribution in [0.25, 0.3) is 0 Å². The number of hydrogen-bond donors (Lipinski definition) is 3. The minimum absolute atomic E-state index is 0.00498. The number of aliphatic hydroxyl groups is 1. The van der Waals surface area contributed by atoms with Gasteiger partial charge in [0.15, 0.2) is 6.10 Å². The Bertz CT molecular complexity index is 1080. The Labute approximate surface area is 190 Å². The number of carbonyl (C=O) groups is 3. The zero-order chi connectivity index (χ0) is 23.6. The van der Waals surface area contributed by atoms with Gasteiger partial charge >= 0.3 is 0 Å². The predicted molar refractivity (Wildman–Crippen MR) is 119 cm³/mol. The van der Waals surface area contributed by atoms with E-state index in [1.165, 1.54) is 11.0 Å². The molecule has 0 aliphatic carbocycles. The minimum atomic E-state index is -2.41. The summed E-state index contributed by atoms with van der Waals surface area (Å²) in [5.74, 6) is -1.91. The van der Waals surface area contributed by atoms with Crippen LogP contribution in [0, 0.1) is 0 Å². The van der Waals surface area contributed by atoms with Crippen molar-refractivity contribution >= 4 is 29.1 Å². The summed E-state index contributed by atoms with van der Waals surface area (Å²) in [7, 11) is 0. The molecule has 0 saturated carbocycles. The maximum atomic E-state index is 13.5. The lowest BCUT2D eigenvalue weighted by Gasteiger charge is -2.40. The fraction of sp³-hybridized carbons (Fsp3) is 0.348. The van der Waals surface area contributed by atoms with Crippen molar-refractivity contribution in [3.8, 4) is 0 Å². The Kier molecular flexibility index (Phi) is 6.43. The highest BCUT2D eigenvalue weighted by atomic mass is 16.5. The summed E-state index contributed by atoms with van der Waals surface area (Å²) < 4.78 is 10.8. The number of primary amides is 1. The van der Waals surface area contributed by atoms with Crippen molar-refractivity contribution in [1.29, 1.82) is 0 Å². The summed E-state index contributed by atoms with van der Waals surface area (Å²) in [5, 5.41) is 11.5. The Balaban J connectivity index is 1.69. The lowest BCUT2D eigenvalue weighted by molar-refractivity contribution is -0.171. The molecule has 0 spiro atoms. The fourth-order valence-electron chi connectivity index (χ4n) is 4.23. The van der Waals surface area contributed by atoms with Gasteiger partial charge in [-0.3, -0.25) is 14.4 Å². The minimum Gasteiger partial charge on any atom is -0.373 e. The van der Waals surface area contributed by atoms with Gasteiger partial charge in [-0.05, 0) is 23.8 Å². The van der Waals surface area contributed by atoms with Gasteiger partial charge in [0.25, 0.3) is 17.7 Å². The molecule has 0 bridgehead atoms. The monoisotopic (exact) mass is 454 g/mol. The SMILES string of the molecule is NCc1ccccc1C(O)(C(N)=O)C1OCCN(c2cccc(N3CCOCC3=O)c2)C1=O. The van der Waals surface area contributed by atoms with E-state index in [1.54, 1.807) is 47.4 Å². The number of amides is 3. The lowest BCUT2D eigenvalue weighted by Crippen LogP contribution is -2.61. The quantitative estimate of drug-likeness (QED) is 0.538. The molecule has 174 valence electrons. The first-order valence-electron chi connectivity index (χ1n) is 10.6. The third-order valence-corrected chi connectivity index (χ3v) is 5.93. The van der Waals surface area contributed by atoms with Gasteiger partial charge in [-0.15, -0.1) is 0 Å². The number of carbonyl (C=O) groups excluding carboxylic acids is 3. The van der Waals surface area contributed by atoms with E-state index in [1.807, 2.05) is 0 Å². The maximum Gasteiger partial charge on any atom is 0.260 e. The molecule has 2 aromatic rings. The summed E-state index contributed by atoms with van der Waals surface area (Å²) >= 11 is 0. The largest absolute Gasteiger partial charge is 0.373 e. The molecule has 5 N–H and O–H groups in total. The van der Waals surface area contributed by atoms with Crippen LogP contribution in [0.15, 0.2) is 48.5 Å². The first kappa shape index (κ1) is 22.9. The van der Waals surface area contributed by atoms with Gasteiger partial charge in [0.2, 0.25) is 5.60 Å². The molecule has 2 aliphatic rings. The van der Waals surface area contributed by atoms with Crippen molar-refractivity contribution in [1.82, 2.24) is 0 Å². The highest BCUT2D eigenvalue weighted by Gasteiger charge is 2.53. The van der Waals surface area contributed by atoms with Crippen LogP contribution in [0.2, 0.25) is 0 Å². The molecule has 2 saturated heterocycles. The van der Waals surface area contributed by atoms with Gasteiger partial charge < -0.3 is 35.8 Å². The van der Waals surface area contributed by atoms with E-state index in [-0.39, 0.29) is 37.8 Å². The Morgan fingerprint density at radius 2 is 1.76 bits per heavy atom. The van der Waals surface area contributed by atoms with Gasteiger partial charge in [0.05, 0.1) is 13.2 Å². The third kappa shape index (κ3) is 4.09. The second kappa shape index (κ2) is 9.28. The van der Waals surface area contributed by atoms with Crippen molar-refractivity contribution < 1.29 is 29.0 Å². The maximum absolute atomic E-state index is 13.5. The van der Waals surface area contributed by atoms with Gasteiger partial charge in [0, 0.05) is 36.6 Å². The summed E-state index contributed by atoms with van der Waals surface area (Å²) in [6, 6.07) is 13.4. The Morgan fingerprint density at radius 3 is 2.45 bits per heavy atom. The number of ether oxygens (including phenoxy) is 2. The van der Waals surface area contributed by atoms with Gasteiger partial charge in [-0.1, -0.05) is 30.3 Å². The number of benzene rings is 2. The van der Waals surface area contributed by atoms with E-state index in [0.717, 1.165) is 0 Å². The number of anilines is 2. The van der Waals surface area contributed by atoms with Crippen LogP contribution in [0.4, 0.5) is 11.4 Å². The van der Waals surface area contributed by atoms with Crippen LogP contribution in [-0.4, -0.2) is 61.8 Å². The number of rotatable bonds is 6. The summed E-state index contributed by atoms with van der Waals surface area (Å²) in [4.78, 5) is 41.2.